The molecule has 14 heterocycles. The first-order valence-electron chi connectivity index (χ1n) is 28.9. The van der Waals surface area contributed by atoms with Crippen molar-refractivity contribution in [1.82, 2.24) is 0 Å². The topological polar surface area (TPSA) is 20.2 Å². The minimum absolute atomic E-state index is 0.297. The molecule has 5 unspecified atom stereocenters. The van der Waals surface area contributed by atoms with E-state index in [0.29, 0.717) is 11.9 Å². The van der Waals surface area contributed by atoms with Gasteiger partial charge in [0.05, 0.1) is 6.61 Å². The van der Waals surface area contributed by atoms with Gasteiger partial charge < -0.3 is 5.11 Å². The molecule has 474 valence electrons. The van der Waals surface area contributed by atoms with Crippen LogP contribution >= 0.6 is 209 Å². The van der Waals surface area contributed by atoms with Gasteiger partial charge >= 0.3 is 175 Å². The second-order valence-corrected chi connectivity index (χ2v) is 54.3. The molecule has 0 spiro atoms. The van der Waals surface area contributed by atoms with E-state index in [1.54, 1.807) is 76.5 Å². The first-order chi connectivity index (χ1) is 41.0. The summed E-state index contributed by atoms with van der Waals surface area (Å²) in [4.78, 5) is 37.7. The van der Waals surface area contributed by atoms with Crippen LogP contribution in [0.4, 0.5) is 0 Å². The van der Waals surface area contributed by atoms with E-state index in [4.69, 9.17) is 5.11 Å². The number of fused-ring (bicyclic) bond motifs is 7. The summed E-state index contributed by atoms with van der Waals surface area (Å²) in [5, 5.41) is 16.3. The van der Waals surface area contributed by atoms with Crippen molar-refractivity contribution in [3.05, 3.63) is 68.3 Å². The monoisotopic (exact) mass is 1750 g/mol. The van der Waals surface area contributed by atoms with Gasteiger partial charge in [0.15, 0.2) is 0 Å². The molecule has 7 aromatic heterocycles. The van der Waals surface area contributed by atoms with Crippen LogP contribution in [0.15, 0.2) is 49.0 Å². The van der Waals surface area contributed by atoms with E-state index in [9.17, 15) is 0 Å². The summed E-state index contributed by atoms with van der Waals surface area (Å²) in [6.07, 6.45) is 0. The van der Waals surface area contributed by atoms with Gasteiger partial charge in [0.1, 0.15) is 0 Å². The summed E-state index contributed by atoms with van der Waals surface area (Å²) >= 11 is 39.1. The van der Waals surface area contributed by atoms with Crippen LogP contribution in [-0.4, -0.2) is 139 Å². The number of thioether (sulfide) groups is 11. The molecular weight excluding hydrogens is 1670 g/mol. The van der Waals surface area contributed by atoms with Crippen LogP contribution in [0, 0.1) is 96.9 Å². The van der Waals surface area contributed by atoms with Crippen LogP contribution in [-0.2, 0) is 0 Å². The van der Waals surface area contributed by atoms with Crippen LogP contribution in [0.5, 0.6) is 0 Å². The SMILES string of the molecule is Cc1sc(C)c2c1SC(C)C(C)S2.Cc1sc(C)c2c1SCC(C)S2.Cc1sc(C)c2c1SCC(CO)S2.Cc1sc(C)c2c1SCCS2.Cc1sc(C)c2c1SCCSCCS2.Cc1sc(C)c2c1[Se]CC(C)[Se]2.Cc1sc(C)c2c1[Se]CC[Se]2. The predicted octanol–water partition coefficient (Wildman–Crippen LogP) is 21.2. The molecule has 5 atom stereocenters. The van der Waals surface area contributed by atoms with Crippen LogP contribution in [0.25, 0.3) is 0 Å². The quantitative estimate of drug-likeness (QED) is 0.158. The molecule has 0 saturated heterocycles. The van der Waals surface area contributed by atoms with Gasteiger partial charge in [0, 0.05) is 165 Å². The van der Waals surface area contributed by atoms with Crippen molar-refractivity contribution in [1.29, 1.82) is 0 Å². The number of aryl methyl sites for hydroxylation is 14. The molecule has 1 nitrogen and oxygen atoms in total. The van der Waals surface area contributed by atoms with Crippen molar-refractivity contribution < 1.29 is 5.11 Å². The average Bonchev–Trinajstić information content (AvgIpc) is 4.03. The fraction of sp³-hybridized carbons (Fsp3) is 0.556. The van der Waals surface area contributed by atoms with Gasteiger partial charge in [-0.3, -0.25) is 0 Å². The van der Waals surface area contributed by atoms with Gasteiger partial charge in [-0.25, -0.2) is 0 Å². The predicted molar refractivity (Wildman–Crippen MR) is 426 cm³/mol. The number of aliphatic hydroxyl groups excluding tert-OH is 1. The summed E-state index contributed by atoms with van der Waals surface area (Å²) in [5.41, 5.74) is 0. The van der Waals surface area contributed by atoms with E-state index in [1.807, 2.05) is 150 Å². The molecule has 0 fully saturated rings. The second-order valence-electron chi connectivity index (χ2n) is 21.2. The molecule has 7 aromatic rings. The molecule has 1 N–H and O–H groups in total. The molecule has 7 aliphatic rings. The number of rotatable bonds is 1. The molecule has 0 aromatic carbocycles. The fourth-order valence-corrected chi connectivity index (χ4v) is 48.3. The Morgan fingerprint density at radius 2 is 0.651 bits per heavy atom. The summed E-state index contributed by atoms with van der Waals surface area (Å²) in [6, 6.07) is 0. The third kappa shape index (κ3) is 20.2. The summed E-state index contributed by atoms with van der Waals surface area (Å²) in [6.45, 7) is 41.2. The Morgan fingerprint density at radius 3 is 1.06 bits per heavy atom. The van der Waals surface area contributed by atoms with E-state index in [-0.39, 0.29) is 0 Å². The van der Waals surface area contributed by atoms with E-state index in [2.05, 4.69) is 183 Å². The summed E-state index contributed by atoms with van der Waals surface area (Å²) in [7, 11) is 0. The standard InChI is InChI=1S/C10H14S4.C10H14S3.C9H12OS3.C9H12S3.C9H12SSe2.C8H10S3.C8H10SSe2/c1-7-9-10(8(2)14-7)13-6-4-11-3-5-12-9;1-5-6(2)13-10-8(4)11-7(3)9(10)12-5;1-5-8-9(6(2)12-5)13-7(3-10)4-11-8;1-5-4-10-8-6(2)12-7(3)9(8)11-5;1-5-4-11-8-6(2)10-7(3)9(8)12-5;1-5-7-8(6(2)11-5)10-4-3-9-7;1-5-7-8(6(2)9-5)11-4-3-10-7/h3-6H2,1-2H3;5-6H,1-4H3;7,10H,3-4H2,1-2H3;2*5H,4H2,1-3H3;2*3-4H2,1-2H3. The third-order valence-corrected chi connectivity index (χ3v) is 54.5. The van der Waals surface area contributed by atoms with E-state index >= 15 is 0 Å². The third-order valence-electron chi connectivity index (χ3n) is 13.9. The molecule has 86 heavy (non-hydrogen) atoms. The summed E-state index contributed by atoms with van der Waals surface area (Å²) in [5.74, 6) is 10.0. The average molecular weight is 1750 g/mol. The van der Waals surface area contributed by atoms with Crippen molar-refractivity contribution in [2.75, 3.05) is 52.6 Å². The van der Waals surface area contributed by atoms with Crippen LogP contribution in [0.1, 0.15) is 96.0 Å². The van der Waals surface area contributed by atoms with Gasteiger partial charge in [-0.1, -0.05) is 20.8 Å². The van der Waals surface area contributed by atoms with Crippen molar-refractivity contribution in [3.63, 3.8) is 0 Å². The number of thiophene rings is 7. The zero-order valence-electron chi connectivity index (χ0n) is 52.8. The van der Waals surface area contributed by atoms with Crippen molar-refractivity contribution in [3.8, 4) is 0 Å². The van der Waals surface area contributed by atoms with Crippen LogP contribution in [0.2, 0.25) is 20.8 Å². The molecule has 0 aliphatic carbocycles. The molecule has 14 rings (SSSR count). The number of hydrogen-bond acceptors (Lipinski definition) is 19. The van der Waals surface area contributed by atoms with Crippen molar-refractivity contribution >= 4 is 286 Å². The van der Waals surface area contributed by atoms with Gasteiger partial charge in [0.25, 0.3) is 0 Å². The Hall–Kier alpha value is 3.79. The number of hydrogen-bond donors (Lipinski definition) is 1. The fourth-order valence-electron chi connectivity index (χ4n) is 9.67. The Balaban J connectivity index is 0.000000131. The van der Waals surface area contributed by atoms with Gasteiger partial charge in [-0.15, -0.1) is 174 Å². The maximum atomic E-state index is 9.08. The molecule has 23 heteroatoms. The van der Waals surface area contributed by atoms with Gasteiger partial charge in [0.2, 0.25) is 0 Å². The maximum absolute atomic E-state index is 9.08. The zero-order chi connectivity index (χ0) is 62.1. The zero-order valence-corrected chi connectivity index (χ0v) is 74.3. The van der Waals surface area contributed by atoms with Gasteiger partial charge in [-0.2, -0.15) is 11.8 Å². The number of aliphatic hydroxyl groups is 1. The Labute approximate surface area is 618 Å². The second kappa shape index (κ2) is 36.6. The van der Waals surface area contributed by atoms with Gasteiger partial charge in [-0.05, 0) is 69.2 Å². The normalized spacial score (nSPS) is 20.8. The molecular formula is C63H84OS18Se4. The Morgan fingerprint density at radius 1 is 0.337 bits per heavy atom. The molecule has 7 aliphatic heterocycles. The first kappa shape index (κ1) is 75.6. The Bertz CT molecular complexity index is 3120. The first-order valence-corrected chi connectivity index (χ1v) is 53.3. The molecule has 0 radical (unpaired) electrons. The van der Waals surface area contributed by atoms with Crippen LogP contribution < -0.4 is 17.8 Å². The van der Waals surface area contributed by atoms with E-state index < -0.39 is 0 Å². The van der Waals surface area contributed by atoms with E-state index in [1.165, 1.54) is 115 Å². The molecule has 0 amide bonds. The van der Waals surface area contributed by atoms with Crippen molar-refractivity contribution in [2.45, 2.75) is 215 Å². The van der Waals surface area contributed by atoms with Crippen LogP contribution in [0.3, 0.4) is 0 Å². The minimum atomic E-state index is 0.297. The Kier molecular flexibility index (Phi) is 32.1. The van der Waals surface area contributed by atoms with Crippen molar-refractivity contribution in [2.24, 2.45) is 0 Å². The molecule has 0 bridgehead atoms. The summed E-state index contributed by atoms with van der Waals surface area (Å²) < 4.78 is 7.07. The van der Waals surface area contributed by atoms with E-state index in [0.717, 1.165) is 86.1 Å². The molecule has 0 saturated carbocycles.